The van der Waals surface area contributed by atoms with Crippen LogP contribution in [0.25, 0.3) is 5.69 Å². The van der Waals surface area contributed by atoms with Gasteiger partial charge in [0.2, 0.25) is 0 Å². The Morgan fingerprint density at radius 3 is 2.60 bits per heavy atom. The minimum Gasteiger partial charge on any atom is -0.349 e. The standard InChI is InChI=1S/C19H26N4O.ClH/c1-13-8-10-15(11-9-13)23-17-7-5-4-6-16(17)18(22-23)19(24)21-12-14(2)20-3;/h8-11,14,20H,4-7,12H2,1-3H3,(H,21,24);1H. The maximum Gasteiger partial charge on any atom is 0.272 e. The molecule has 0 radical (unpaired) electrons. The number of likely N-dealkylation sites (N-methyl/N-ethyl adjacent to an activating group) is 1. The number of aryl methyl sites for hydroxylation is 1. The first kappa shape index (κ1) is 19.5. The Kier molecular flexibility index (Phi) is 6.62. The molecular weight excluding hydrogens is 336 g/mol. The number of amides is 1. The van der Waals surface area contributed by atoms with Crippen LogP contribution in [0.5, 0.6) is 0 Å². The topological polar surface area (TPSA) is 58.9 Å². The molecule has 2 N–H and O–H groups in total. The van der Waals surface area contributed by atoms with Crippen LogP contribution in [0.4, 0.5) is 0 Å². The molecule has 1 atom stereocenters. The molecule has 0 aliphatic heterocycles. The lowest BCUT2D eigenvalue weighted by molar-refractivity contribution is 0.0944. The number of fused-ring (bicyclic) bond motifs is 1. The molecule has 5 nitrogen and oxygen atoms in total. The zero-order chi connectivity index (χ0) is 17.1. The summed E-state index contributed by atoms with van der Waals surface area (Å²) < 4.78 is 1.96. The fraction of sp³-hybridized carbons (Fsp3) is 0.474. The van der Waals surface area contributed by atoms with Gasteiger partial charge in [-0.3, -0.25) is 4.79 Å². The SMILES string of the molecule is CNC(C)CNC(=O)c1nn(-c2ccc(C)cc2)c2c1CCCC2.Cl. The summed E-state index contributed by atoms with van der Waals surface area (Å²) in [5, 5.41) is 10.8. The molecule has 3 rings (SSSR count). The molecule has 136 valence electrons. The Morgan fingerprint density at radius 2 is 1.92 bits per heavy atom. The molecule has 1 amide bonds. The number of nitrogens with zero attached hydrogens (tertiary/aromatic N) is 2. The highest BCUT2D eigenvalue weighted by Gasteiger charge is 2.25. The molecule has 0 bridgehead atoms. The number of benzene rings is 1. The van der Waals surface area contributed by atoms with Crippen LogP contribution in [-0.4, -0.2) is 35.3 Å². The molecule has 6 heteroatoms. The van der Waals surface area contributed by atoms with Gasteiger partial charge in [0.25, 0.3) is 5.91 Å². The molecule has 0 saturated heterocycles. The second-order valence-electron chi connectivity index (χ2n) is 6.63. The van der Waals surface area contributed by atoms with E-state index in [2.05, 4.69) is 46.9 Å². The van der Waals surface area contributed by atoms with E-state index in [1.807, 2.05) is 18.7 Å². The summed E-state index contributed by atoms with van der Waals surface area (Å²) in [5.41, 5.74) is 5.15. The quantitative estimate of drug-likeness (QED) is 0.859. The summed E-state index contributed by atoms with van der Waals surface area (Å²) in [7, 11) is 1.89. The predicted octanol–water partition coefficient (Wildman–Crippen LogP) is 2.82. The van der Waals surface area contributed by atoms with Crippen LogP contribution < -0.4 is 10.6 Å². The molecule has 1 unspecified atom stereocenters. The van der Waals surface area contributed by atoms with E-state index in [9.17, 15) is 4.79 Å². The third-order valence-corrected chi connectivity index (χ3v) is 4.74. The van der Waals surface area contributed by atoms with Gasteiger partial charge in [-0.2, -0.15) is 5.10 Å². The van der Waals surface area contributed by atoms with Gasteiger partial charge >= 0.3 is 0 Å². The van der Waals surface area contributed by atoms with Gasteiger partial charge in [0.1, 0.15) is 0 Å². The zero-order valence-corrected chi connectivity index (χ0v) is 15.9. The van der Waals surface area contributed by atoms with E-state index in [-0.39, 0.29) is 24.4 Å². The van der Waals surface area contributed by atoms with Gasteiger partial charge in [-0.05, 0) is 58.7 Å². The van der Waals surface area contributed by atoms with Gasteiger partial charge in [-0.15, -0.1) is 12.4 Å². The van der Waals surface area contributed by atoms with Gasteiger partial charge in [-0.1, -0.05) is 17.7 Å². The van der Waals surface area contributed by atoms with Gasteiger partial charge in [0.05, 0.1) is 5.69 Å². The minimum atomic E-state index is -0.0684. The summed E-state index contributed by atoms with van der Waals surface area (Å²) in [6.45, 7) is 4.71. The van der Waals surface area contributed by atoms with Crippen molar-refractivity contribution in [3.05, 3.63) is 46.8 Å². The average molecular weight is 363 g/mol. The van der Waals surface area contributed by atoms with Crippen LogP contribution in [0, 0.1) is 6.92 Å². The summed E-state index contributed by atoms with van der Waals surface area (Å²) in [4.78, 5) is 12.6. The van der Waals surface area contributed by atoms with E-state index < -0.39 is 0 Å². The number of carbonyl (C=O) groups is 1. The van der Waals surface area contributed by atoms with Crippen LogP contribution >= 0.6 is 12.4 Å². The van der Waals surface area contributed by atoms with E-state index in [0.29, 0.717) is 12.2 Å². The van der Waals surface area contributed by atoms with E-state index >= 15 is 0 Å². The molecule has 1 aromatic carbocycles. The monoisotopic (exact) mass is 362 g/mol. The Balaban J connectivity index is 0.00000225. The number of rotatable bonds is 5. The lowest BCUT2D eigenvalue weighted by Crippen LogP contribution is -2.37. The maximum atomic E-state index is 12.6. The number of aromatic nitrogens is 2. The van der Waals surface area contributed by atoms with Crippen molar-refractivity contribution < 1.29 is 4.79 Å². The van der Waals surface area contributed by atoms with Crippen LogP contribution in [0.2, 0.25) is 0 Å². The van der Waals surface area contributed by atoms with Crippen LogP contribution in [0.15, 0.2) is 24.3 Å². The number of hydrogen-bond acceptors (Lipinski definition) is 3. The smallest absolute Gasteiger partial charge is 0.272 e. The average Bonchev–Trinajstić information content (AvgIpc) is 3.00. The molecule has 0 saturated carbocycles. The minimum absolute atomic E-state index is 0. The van der Waals surface area contributed by atoms with Gasteiger partial charge in [0.15, 0.2) is 5.69 Å². The Labute approximate surface area is 155 Å². The molecule has 1 aliphatic carbocycles. The van der Waals surface area contributed by atoms with E-state index in [1.54, 1.807) is 0 Å². The molecule has 0 spiro atoms. The number of nitrogens with one attached hydrogen (secondary N) is 2. The van der Waals surface area contributed by atoms with Crippen molar-refractivity contribution in [2.24, 2.45) is 0 Å². The Hall–Kier alpha value is -1.85. The fourth-order valence-electron chi connectivity index (χ4n) is 3.11. The molecular formula is C19H27ClN4O. The Morgan fingerprint density at radius 1 is 1.24 bits per heavy atom. The second-order valence-corrected chi connectivity index (χ2v) is 6.63. The third-order valence-electron chi connectivity index (χ3n) is 4.74. The van der Waals surface area contributed by atoms with E-state index in [1.165, 1.54) is 11.3 Å². The normalized spacial score (nSPS) is 14.4. The van der Waals surface area contributed by atoms with Crippen molar-refractivity contribution in [1.29, 1.82) is 0 Å². The summed E-state index contributed by atoms with van der Waals surface area (Å²) in [6.07, 6.45) is 4.20. The highest BCUT2D eigenvalue weighted by atomic mass is 35.5. The zero-order valence-electron chi connectivity index (χ0n) is 15.1. The summed E-state index contributed by atoms with van der Waals surface area (Å²) >= 11 is 0. The summed E-state index contributed by atoms with van der Waals surface area (Å²) in [5.74, 6) is -0.0684. The van der Waals surface area contributed by atoms with Crippen molar-refractivity contribution in [1.82, 2.24) is 20.4 Å². The van der Waals surface area contributed by atoms with Crippen molar-refractivity contribution in [2.75, 3.05) is 13.6 Å². The van der Waals surface area contributed by atoms with Crippen LogP contribution in [-0.2, 0) is 12.8 Å². The van der Waals surface area contributed by atoms with Gasteiger partial charge in [-0.25, -0.2) is 4.68 Å². The molecule has 1 heterocycles. The highest BCUT2D eigenvalue weighted by molar-refractivity contribution is 5.94. The van der Waals surface area contributed by atoms with Crippen molar-refractivity contribution in [2.45, 2.75) is 45.6 Å². The van der Waals surface area contributed by atoms with Crippen LogP contribution in [0.3, 0.4) is 0 Å². The molecule has 25 heavy (non-hydrogen) atoms. The first-order valence-corrected chi connectivity index (χ1v) is 8.73. The van der Waals surface area contributed by atoms with Gasteiger partial charge in [0, 0.05) is 23.8 Å². The first-order valence-electron chi connectivity index (χ1n) is 8.73. The second kappa shape index (κ2) is 8.50. The lowest BCUT2D eigenvalue weighted by atomic mass is 9.95. The number of halogens is 1. The first-order chi connectivity index (χ1) is 11.6. The molecule has 0 fully saturated rings. The maximum absolute atomic E-state index is 12.6. The van der Waals surface area contributed by atoms with Crippen molar-refractivity contribution >= 4 is 18.3 Å². The highest BCUT2D eigenvalue weighted by Crippen LogP contribution is 2.27. The van der Waals surface area contributed by atoms with Crippen molar-refractivity contribution in [3.63, 3.8) is 0 Å². The largest absolute Gasteiger partial charge is 0.349 e. The predicted molar refractivity (Wildman–Crippen MR) is 103 cm³/mol. The number of hydrogen-bond donors (Lipinski definition) is 2. The molecule has 1 aromatic heterocycles. The third kappa shape index (κ3) is 4.22. The van der Waals surface area contributed by atoms with E-state index in [4.69, 9.17) is 0 Å². The van der Waals surface area contributed by atoms with Crippen LogP contribution in [0.1, 0.15) is 47.1 Å². The van der Waals surface area contributed by atoms with E-state index in [0.717, 1.165) is 36.9 Å². The molecule has 2 aromatic rings. The van der Waals surface area contributed by atoms with Crippen molar-refractivity contribution in [3.8, 4) is 5.69 Å². The van der Waals surface area contributed by atoms with Gasteiger partial charge < -0.3 is 10.6 Å². The fourth-order valence-corrected chi connectivity index (χ4v) is 3.11. The number of carbonyl (C=O) groups excluding carboxylic acids is 1. The Bertz CT molecular complexity index is 724. The molecule has 1 aliphatic rings. The lowest BCUT2D eigenvalue weighted by Gasteiger charge is -2.14. The summed E-state index contributed by atoms with van der Waals surface area (Å²) in [6, 6.07) is 8.55.